The molecule has 25 heavy (non-hydrogen) atoms. The molecule has 1 saturated carbocycles. The molecule has 2 aliphatic rings. The average molecular weight is 339 g/mol. The summed E-state index contributed by atoms with van der Waals surface area (Å²) in [6, 6.07) is 7.73. The first kappa shape index (κ1) is 16.3. The fourth-order valence-corrected chi connectivity index (χ4v) is 4.36. The monoisotopic (exact) mass is 339 g/mol. The molecule has 1 aromatic heterocycles. The Bertz CT molecular complexity index is 749. The van der Waals surface area contributed by atoms with Crippen molar-refractivity contribution < 1.29 is 10.2 Å². The molecular weight excluding hydrogens is 314 g/mol. The summed E-state index contributed by atoms with van der Waals surface area (Å²) in [7, 11) is 0. The number of phenols is 1. The number of aromatic hydroxyl groups is 1. The summed E-state index contributed by atoms with van der Waals surface area (Å²) >= 11 is 0. The molecule has 0 amide bonds. The summed E-state index contributed by atoms with van der Waals surface area (Å²) in [5, 5.41) is 28.7. The normalized spacial score (nSPS) is 19.9. The molecule has 0 radical (unpaired) electrons. The number of aromatic nitrogens is 2. The number of rotatable bonds is 2. The van der Waals surface area contributed by atoms with Crippen LogP contribution in [0.3, 0.4) is 0 Å². The minimum Gasteiger partial charge on any atom is -0.507 e. The third-order valence-corrected chi connectivity index (χ3v) is 5.76. The van der Waals surface area contributed by atoms with Crippen molar-refractivity contribution in [1.29, 1.82) is 0 Å². The van der Waals surface area contributed by atoms with Crippen molar-refractivity contribution in [3.05, 3.63) is 35.4 Å². The highest BCUT2D eigenvalue weighted by Gasteiger charge is 2.45. The lowest BCUT2D eigenvalue weighted by Crippen LogP contribution is -2.58. The molecule has 2 N–H and O–H groups in total. The maximum Gasteiger partial charge on any atom is 0.151 e. The van der Waals surface area contributed by atoms with Gasteiger partial charge in [0.1, 0.15) is 5.75 Å². The van der Waals surface area contributed by atoms with Gasteiger partial charge < -0.3 is 15.1 Å². The van der Waals surface area contributed by atoms with Gasteiger partial charge in [-0.15, -0.1) is 10.2 Å². The first-order chi connectivity index (χ1) is 12.0. The number of nitrogens with zero attached hydrogens (tertiary/aromatic N) is 3. The van der Waals surface area contributed by atoms with Gasteiger partial charge in [0.25, 0.3) is 0 Å². The van der Waals surface area contributed by atoms with Gasteiger partial charge in [-0.3, -0.25) is 0 Å². The molecule has 5 heteroatoms. The van der Waals surface area contributed by atoms with Crippen LogP contribution in [0.2, 0.25) is 0 Å². The number of hydrogen-bond donors (Lipinski definition) is 2. The highest BCUT2D eigenvalue weighted by molar-refractivity contribution is 5.71. The van der Waals surface area contributed by atoms with Crippen LogP contribution in [0.1, 0.15) is 36.8 Å². The summed E-state index contributed by atoms with van der Waals surface area (Å²) in [5.41, 5.74) is 3.86. The van der Waals surface area contributed by atoms with E-state index in [4.69, 9.17) is 0 Å². The lowest BCUT2D eigenvalue weighted by Gasteiger charge is -2.53. The Morgan fingerprint density at radius 3 is 2.40 bits per heavy atom. The second kappa shape index (κ2) is 5.99. The van der Waals surface area contributed by atoms with Crippen molar-refractivity contribution >= 4 is 5.82 Å². The van der Waals surface area contributed by atoms with E-state index in [1.807, 2.05) is 32.0 Å². The predicted molar refractivity (Wildman–Crippen MR) is 97.7 cm³/mol. The smallest absolute Gasteiger partial charge is 0.151 e. The molecule has 0 unspecified atom stereocenters. The predicted octanol–water partition coefficient (Wildman–Crippen LogP) is 3.21. The molecule has 132 valence electrons. The number of anilines is 1. The zero-order valence-corrected chi connectivity index (χ0v) is 14.9. The number of aliphatic hydroxyl groups excluding tert-OH is 1. The lowest BCUT2D eigenvalue weighted by atomic mass is 9.68. The maximum absolute atomic E-state index is 10.3. The summed E-state index contributed by atoms with van der Waals surface area (Å²) in [6.45, 7) is 5.95. The second-order valence-electron chi connectivity index (χ2n) is 7.84. The van der Waals surface area contributed by atoms with Gasteiger partial charge in [-0.05, 0) is 68.9 Å². The quantitative estimate of drug-likeness (QED) is 0.879. The summed E-state index contributed by atoms with van der Waals surface area (Å²) < 4.78 is 0. The van der Waals surface area contributed by atoms with Crippen molar-refractivity contribution in [2.75, 3.05) is 18.0 Å². The van der Waals surface area contributed by atoms with Crippen molar-refractivity contribution in [3.63, 3.8) is 0 Å². The van der Waals surface area contributed by atoms with E-state index < -0.39 is 0 Å². The van der Waals surface area contributed by atoms with E-state index in [-0.39, 0.29) is 11.9 Å². The van der Waals surface area contributed by atoms with E-state index in [9.17, 15) is 10.2 Å². The van der Waals surface area contributed by atoms with Crippen molar-refractivity contribution in [1.82, 2.24) is 10.2 Å². The van der Waals surface area contributed by atoms with Gasteiger partial charge in [-0.2, -0.15) is 0 Å². The summed E-state index contributed by atoms with van der Waals surface area (Å²) in [6.07, 6.45) is 3.94. The molecular formula is C20H25N3O2. The first-order valence-corrected chi connectivity index (χ1v) is 9.03. The van der Waals surface area contributed by atoms with E-state index in [1.54, 1.807) is 6.07 Å². The zero-order valence-electron chi connectivity index (χ0n) is 14.9. The summed E-state index contributed by atoms with van der Waals surface area (Å²) in [5.74, 6) is 1.15. The van der Waals surface area contributed by atoms with Crippen LogP contribution in [-0.4, -0.2) is 39.6 Å². The average Bonchev–Trinajstić information content (AvgIpc) is 2.54. The van der Waals surface area contributed by atoms with Crippen LogP contribution in [0, 0.1) is 19.3 Å². The molecule has 1 saturated heterocycles. The largest absolute Gasteiger partial charge is 0.507 e. The Hall–Kier alpha value is -2.14. The van der Waals surface area contributed by atoms with Crippen LogP contribution in [0.25, 0.3) is 11.3 Å². The Balaban J connectivity index is 1.49. The standard InChI is InChI=1S/C20H25N3O2/c1-13-9-14(2)19(17(25)10-13)16-3-4-18(22-21-16)23-11-20(12-23)7-5-15(24)6-8-20/h3-4,9-10,15,24-25H,5-8,11-12H2,1-2H3. The minimum absolute atomic E-state index is 0.107. The molecule has 5 nitrogen and oxygen atoms in total. The Morgan fingerprint density at radius 2 is 1.80 bits per heavy atom. The van der Waals surface area contributed by atoms with Crippen LogP contribution in [-0.2, 0) is 0 Å². The molecule has 4 rings (SSSR count). The fraction of sp³-hybridized carbons (Fsp3) is 0.500. The molecule has 2 heterocycles. The molecule has 2 fully saturated rings. The van der Waals surface area contributed by atoms with Gasteiger partial charge in [0.15, 0.2) is 5.82 Å². The number of phenolic OH excluding ortho intramolecular Hbond substituents is 1. The number of hydrogen-bond acceptors (Lipinski definition) is 5. The van der Waals surface area contributed by atoms with E-state index in [0.29, 0.717) is 11.1 Å². The van der Waals surface area contributed by atoms with Crippen LogP contribution >= 0.6 is 0 Å². The highest BCUT2D eigenvalue weighted by atomic mass is 16.3. The number of aryl methyl sites for hydroxylation is 2. The van der Waals surface area contributed by atoms with Crippen molar-refractivity contribution in [2.45, 2.75) is 45.6 Å². The van der Waals surface area contributed by atoms with Gasteiger partial charge in [0, 0.05) is 24.1 Å². The van der Waals surface area contributed by atoms with Crippen molar-refractivity contribution in [2.24, 2.45) is 5.41 Å². The molecule has 2 aromatic rings. The molecule has 0 atom stereocenters. The first-order valence-electron chi connectivity index (χ1n) is 9.03. The topological polar surface area (TPSA) is 69.5 Å². The SMILES string of the molecule is Cc1cc(C)c(-c2ccc(N3CC4(CCC(O)CC4)C3)nn2)c(O)c1. The molecule has 1 aliphatic carbocycles. The molecule has 1 spiro atoms. The van der Waals surface area contributed by atoms with E-state index in [2.05, 4.69) is 15.1 Å². The molecule has 1 aliphatic heterocycles. The van der Waals surface area contributed by atoms with Crippen LogP contribution in [0.5, 0.6) is 5.75 Å². The Kier molecular flexibility index (Phi) is 3.91. The summed E-state index contributed by atoms with van der Waals surface area (Å²) in [4.78, 5) is 2.26. The van der Waals surface area contributed by atoms with E-state index in [1.165, 1.54) is 0 Å². The lowest BCUT2D eigenvalue weighted by molar-refractivity contribution is 0.0450. The van der Waals surface area contributed by atoms with Crippen LogP contribution in [0.15, 0.2) is 24.3 Å². The highest BCUT2D eigenvalue weighted by Crippen LogP contribution is 2.45. The van der Waals surface area contributed by atoms with Gasteiger partial charge in [0.05, 0.1) is 11.8 Å². The van der Waals surface area contributed by atoms with E-state index in [0.717, 1.165) is 61.3 Å². The third-order valence-electron chi connectivity index (χ3n) is 5.76. The van der Waals surface area contributed by atoms with Gasteiger partial charge in [-0.25, -0.2) is 0 Å². The maximum atomic E-state index is 10.3. The zero-order chi connectivity index (χ0) is 17.6. The number of benzene rings is 1. The Morgan fingerprint density at radius 1 is 1.08 bits per heavy atom. The second-order valence-corrected chi connectivity index (χ2v) is 7.84. The fourth-order valence-electron chi connectivity index (χ4n) is 4.36. The van der Waals surface area contributed by atoms with E-state index >= 15 is 0 Å². The van der Waals surface area contributed by atoms with Crippen LogP contribution < -0.4 is 4.90 Å². The third kappa shape index (κ3) is 2.97. The van der Waals surface area contributed by atoms with Crippen molar-refractivity contribution in [3.8, 4) is 17.0 Å². The van der Waals surface area contributed by atoms with Gasteiger partial charge in [0.2, 0.25) is 0 Å². The van der Waals surface area contributed by atoms with Gasteiger partial charge >= 0.3 is 0 Å². The minimum atomic E-state index is -0.107. The molecule has 1 aromatic carbocycles. The number of aliphatic hydroxyl groups is 1. The van der Waals surface area contributed by atoms with Crippen LogP contribution in [0.4, 0.5) is 5.82 Å². The Labute approximate surface area is 148 Å². The molecule has 0 bridgehead atoms. The van der Waals surface area contributed by atoms with Gasteiger partial charge in [-0.1, -0.05) is 6.07 Å².